The minimum atomic E-state index is -0.106. The summed E-state index contributed by atoms with van der Waals surface area (Å²) in [5, 5.41) is 3.92. The molecule has 0 unspecified atom stereocenters. The van der Waals surface area contributed by atoms with Crippen molar-refractivity contribution in [3.63, 3.8) is 0 Å². The number of aromatic nitrogens is 1. The van der Waals surface area contributed by atoms with E-state index in [2.05, 4.69) is 10.3 Å². The van der Waals surface area contributed by atoms with Gasteiger partial charge < -0.3 is 5.32 Å². The Morgan fingerprint density at radius 3 is 2.67 bits per heavy atom. The number of hydrogen-bond donors (Lipinski definition) is 1. The van der Waals surface area contributed by atoms with Crippen molar-refractivity contribution in [2.45, 2.75) is 4.90 Å². The van der Waals surface area contributed by atoms with Crippen molar-refractivity contribution in [2.24, 2.45) is 0 Å². The number of fused-ring (bicyclic) bond motifs is 1. The molecule has 0 bridgehead atoms. The molecule has 0 saturated heterocycles. The molecule has 1 amide bonds. The lowest BCUT2D eigenvalue weighted by molar-refractivity contribution is 0.102. The fraction of sp³-hybridized carbons (Fsp3) is 0.0588. The Hall–Kier alpha value is -2.33. The number of carbonyl (C=O) groups excluding carboxylic acids is 1. The van der Waals surface area contributed by atoms with Crippen LogP contribution in [0.5, 0.6) is 0 Å². The third-order valence-corrected chi connectivity index (χ3v) is 3.96. The molecule has 0 spiro atoms. The zero-order chi connectivity index (χ0) is 14.7. The van der Waals surface area contributed by atoms with Crippen LogP contribution >= 0.6 is 11.8 Å². The summed E-state index contributed by atoms with van der Waals surface area (Å²) in [6.45, 7) is 0. The van der Waals surface area contributed by atoms with Gasteiger partial charge in [0.25, 0.3) is 5.91 Å². The molecule has 0 atom stereocenters. The Morgan fingerprint density at radius 2 is 1.90 bits per heavy atom. The molecular weight excluding hydrogens is 280 g/mol. The third kappa shape index (κ3) is 3.06. The first-order valence-corrected chi connectivity index (χ1v) is 7.79. The van der Waals surface area contributed by atoms with Crippen molar-refractivity contribution in [1.82, 2.24) is 4.98 Å². The zero-order valence-electron chi connectivity index (χ0n) is 11.5. The topological polar surface area (TPSA) is 42.0 Å². The highest BCUT2D eigenvalue weighted by atomic mass is 32.2. The van der Waals surface area contributed by atoms with Crippen molar-refractivity contribution in [3.05, 3.63) is 66.4 Å². The summed E-state index contributed by atoms with van der Waals surface area (Å²) in [6, 6.07) is 17.1. The lowest BCUT2D eigenvalue weighted by Crippen LogP contribution is -2.11. The maximum Gasteiger partial charge on any atom is 0.255 e. The summed E-state index contributed by atoms with van der Waals surface area (Å²) >= 11 is 1.66. The summed E-state index contributed by atoms with van der Waals surface area (Å²) in [5.74, 6) is -0.106. The average molecular weight is 294 g/mol. The lowest BCUT2D eigenvalue weighted by atomic mass is 10.1. The zero-order valence-corrected chi connectivity index (χ0v) is 12.4. The van der Waals surface area contributed by atoms with Gasteiger partial charge in [-0.1, -0.05) is 6.07 Å². The van der Waals surface area contributed by atoms with E-state index in [1.165, 1.54) is 0 Å². The molecule has 0 aliphatic rings. The van der Waals surface area contributed by atoms with Gasteiger partial charge in [-0.2, -0.15) is 0 Å². The maximum absolute atomic E-state index is 12.2. The summed E-state index contributed by atoms with van der Waals surface area (Å²) in [6.07, 6.45) is 3.77. The molecule has 2 aromatic carbocycles. The van der Waals surface area contributed by atoms with E-state index in [0.29, 0.717) is 5.56 Å². The van der Waals surface area contributed by atoms with Crippen molar-refractivity contribution in [3.8, 4) is 0 Å². The van der Waals surface area contributed by atoms with Gasteiger partial charge in [-0.05, 0) is 54.8 Å². The normalized spacial score (nSPS) is 10.5. The molecular formula is C17H14N2OS. The number of thioether (sulfide) groups is 1. The van der Waals surface area contributed by atoms with Crippen LogP contribution < -0.4 is 5.32 Å². The van der Waals surface area contributed by atoms with Gasteiger partial charge in [0.2, 0.25) is 0 Å². The number of benzene rings is 2. The number of rotatable bonds is 3. The molecule has 4 heteroatoms. The van der Waals surface area contributed by atoms with Crippen LogP contribution in [0.25, 0.3) is 10.9 Å². The van der Waals surface area contributed by atoms with Gasteiger partial charge in [-0.3, -0.25) is 9.78 Å². The van der Waals surface area contributed by atoms with Gasteiger partial charge in [0, 0.05) is 27.7 Å². The van der Waals surface area contributed by atoms with E-state index in [4.69, 9.17) is 0 Å². The molecule has 3 rings (SSSR count). The summed E-state index contributed by atoms with van der Waals surface area (Å²) < 4.78 is 0. The highest BCUT2D eigenvalue weighted by Gasteiger charge is 2.06. The maximum atomic E-state index is 12.2. The first-order chi connectivity index (χ1) is 10.3. The number of anilines is 1. The van der Waals surface area contributed by atoms with E-state index in [1.807, 2.05) is 60.9 Å². The third-order valence-electron chi connectivity index (χ3n) is 3.21. The number of nitrogens with one attached hydrogen (secondary N) is 1. The van der Waals surface area contributed by atoms with E-state index in [1.54, 1.807) is 18.0 Å². The predicted octanol–water partition coefficient (Wildman–Crippen LogP) is 4.21. The van der Waals surface area contributed by atoms with Gasteiger partial charge in [0.1, 0.15) is 0 Å². The molecule has 0 saturated carbocycles. The number of pyridine rings is 1. The SMILES string of the molecule is CSc1ccc(C(=O)Nc2ccc3ncccc3c2)cc1. The first-order valence-electron chi connectivity index (χ1n) is 6.56. The Bertz CT molecular complexity index is 784. The van der Waals surface area contributed by atoms with Gasteiger partial charge in [-0.25, -0.2) is 0 Å². The van der Waals surface area contributed by atoms with E-state index >= 15 is 0 Å². The Kier molecular flexibility index (Phi) is 3.88. The highest BCUT2D eigenvalue weighted by Crippen LogP contribution is 2.19. The molecule has 104 valence electrons. The molecule has 0 radical (unpaired) electrons. The second-order valence-corrected chi connectivity index (χ2v) is 5.47. The monoisotopic (exact) mass is 294 g/mol. The van der Waals surface area contributed by atoms with Gasteiger partial charge >= 0.3 is 0 Å². The smallest absolute Gasteiger partial charge is 0.255 e. The minimum Gasteiger partial charge on any atom is -0.322 e. The predicted molar refractivity (Wildman–Crippen MR) is 87.9 cm³/mol. The Labute approximate surface area is 127 Å². The molecule has 1 aromatic heterocycles. The number of carbonyl (C=O) groups is 1. The van der Waals surface area contributed by atoms with Crippen LogP contribution in [0.15, 0.2) is 65.7 Å². The van der Waals surface area contributed by atoms with Crippen LogP contribution in [0.2, 0.25) is 0 Å². The number of amides is 1. The molecule has 3 nitrogen and oxygen atoms in total. The van der Waals surface area contributed by atoms with E-state index in [-0.39, 0.29) is 5.91 Å². The quantitative estimate of drug-likeness (QED) is 0.736. The molecule has 1 heterocycles. The number of hydrogen-bond acceptors (Lipinski definition) is 3. The van der Waals surface area contributed by atoms with Crippen LogP contribution in [-0.4, -0.2) is 17.1 Å². The molecule has 21 heavy (non-hydrogen) atoms. The van der Waals surface area contributed by atoms with Crippen molar-refractivity contribution in [1.29, 1.82) is 0 Å². The van der Waals surface area contributed by atoms with Crippen molar-refractivity contribution >= 4 is 34.3 Å². The molecule has 1 N–H and O–H groups in total. The average Bonchev–Trinajstić information content (AvgIpc) is 2.55. The largest absolute Gasteiger partial charge is 0.322 e. The molecule has 0 aliphatic heterocycles. The summed E-state index contributed by atoms with van der Waals surface area (Å²) in [5.41, 5.74) is 2.34. The number of nitrogens with zero attached hydrogens (tertiary/aromatic N) is 1. The van der Waals surface area contributed by atoms with E-state index < -0.39 is 0 Å². The van der Waals surface area contributed by atoms with Crippen molar-refractivity contribution < 1.29 is 4.79 Å². The van der Waals surface area contributed by atoms with Crippen LogP contribution in [-0.2, 0) is 0 Å². The minimum absolute atomic E-state index is 0.106. The lowest BCUT2D eigenvalue weighted by Gasteiger charge is -2.07. The van der Waals surface area contributed by atoms with Gasteiger partial charge in [0.15, 0.2) is 0 Å². The fourth-order valence-electron chi connectivity index (χ4n) is 2.10. The van der Waals surface area contributed by atoms with Crippen LogP contribution in [0.3, 0.4) is 0 Å². The second-order valence-electron chi connectivity index (χ2n) is 4.59. The standard InChI is InChI=1S/C17H14N2OS/c1-21-15-7-4-12(5-8-15)17(20)19-14-6-9-16-13(11-14)3-2-10-18-16/h2-11H,1H3,(H,19,20). The van der Waals surface area contributed by atoms with Crippen LogP contribution in [0.1, 0.15) is 10.4 Å². The van der Waals surface area contributed by atoms with Gasteiger partial charge in [0.05, 0.1) is 5.52 Å². The second kappa shape index (κ2) is 5.97. The van der Waals surface area contributed by atoms with Crippen LogP contribution in [0, 0.1) is 0 Å². The highest BCUT2D eigenvalue weighted by molar-refractivity contribution is 7.98. The Balaban J connectivity index is 1.81. The van der Waals surface area contributed by atoms with E-state index in [9.17, 15) is 4.79 Å². The Morgan fingerprint density at radius 1 is 1.10 bits per heavy atom. The molecule has 3 aromatic rings. The van der Waals surface area contributed by atoms with Gasteiger partial charge in [-0.15, -0.1) is 11.8 Å². The fourth-order valence-corrected chi connectivity index (χ4v) is 2.51. The summed E-state index contributed by atoms with van der Waals surface area (Å²) in [7, 11) is 0. The van der Waals surface area contributed by atoms with Crippen LogP contribution in [0.4, 0.5) is 5.69 Å². The summed E-state index contributed by atoms with van der Waals surface area (Å²) in [4.78, 5) is 17.6. The van der Waals surface area contributed by atoms with E-state index in [0.717, 1.165) is 21.5 Å². The first kappa shape index (κ1) is 13.6. The van der Waals surface area contributed by atoms with Crippen molar-refractivity contribution in [2.75, 3.05) is 11.6 Å². The molecule has 0 aliphatic carbocycles. The molecule has 0 fully saturated rings.